The molecular weight excluding hydrogens is 393 g/mol. The van der Waals surface area contributed by atoms with Gasteiger partial charge in [-0.2, -0.15) is 0 Å². The van der Waals surface area contributed by atoms with Crippen LogP contribution in [0.3, 0.4) is 0 Å². The van der Waals surface area contributed by atoms with E-state index in [1.165, 1.54) is 16.7 Å². The van der Waals surface area contributed by atoms with Crippen molar-refractivity contribution in [2.75, 3.05) is 19.9 Å². The fraction of sp³-hybridized carbons (Fsp3) is 0.391. The summed E-state index contributed by atoms with van der Waals surface area (Å²) in [6.45, 7) is 2.81. The standard InChI is InChI=1S/C23H23F3N2O2/c24-18-9-20(26)19(25)8-17(18)16-2-1-13(5-21(16)27)10-28-4-3-14-6-22-23(30-12-29-22)7-15(14)11-28/h1,6-9,16,21H,2-5,10-12,27H2/t16-,21+/m0/s1. The highest BCUT2D eigenvalue weighted by molar-refractivity contribution is 5.49. The molecule has 5 rings (SSSR count). The quantitative estimate of drug-likeness (QED) is 0.607. The number of halogens is 3. The summed E-state index contributed by atoms with van der Waals surface area (Å²) in [7, 11) is 0. The number of benzene rings is 2. The maximum absolute atomic E-state index is 14.2. The van der Waals surface area contributed by atoms with E-state index in [2.05, 4.69) is 23.1 Å². The number of hydrogen-bond acceptors (Lipinski definition) is 4. The maximum atomic E-state index is 14.2. The molecule has 0 spiro atoms. The van der Waals surface area contributed by atoms with Crippen molar-refractivity contribution in [2.45, 2.75) is 37.8 Å². The van der Waals surface area contributed by atoms with E-state index in [0.717, 1.165) is 43.6 Å². The SMILES string of the molecule is N[C@@H]1CC(CN2CCc3cc4c(cc3C2)OCO4)=CC[C@H]1c1cc(F)c(F)cc1F. The predicted molar refractivity (Wildman–Crippen MR) is 106 cm³/mol. The van der Waals surface area contributed by atoms with Crippen LogP contribution in [0.4, 0.5) is 13.2 Å². The first-order valence-corrected chi connectivity index (χ1v) is 10.2. The lowest BCUT2D eigenvalue weighted by Crippen LogP contribution is -2.37. The molecule has 7 heteroatoms. The minimum Gasteiger partial charge on any atom is -0.454 e. The van der Waals surface area contributed by atoms with E-state index in [1.807, 2.05) is 0 Å². The lowest BCUT2D eigenvalue weighted by atomic mass is 9.80. The third kappa shape index (κ3) is 3.56. The van der Waals surface area contributed by atoms with Crippen LogP contribution >= 0.6 is 0 Å². The lowest BCUT2D eigenvalue weighted by molar-refractivity contribution is 0.174. The lowest BCUT2D eigenvalue weighted by Gasteiger charge is -2.34. The molecule has 0 amide bonds. The average molecular weight is 416 g/mol. The van der Waals surface area contributed by atoms with Crippen LogP contribution in [0.5, 0.6) is 11.5 Å². The van der Waals surface area contributed by atoms with Crippen LogP contribution < -0.4 is 15.2 Å². The summed E-state index contributed by atoms with van der Waals surface area (Å²) in [6.07, 6.45) is 4.13. The largest absolute Gasteiger partial charge is 0.454 e. The monoisotopic (exact) mass is 416 g/mol. The van der Waals surface area contributed by atoms with Gasteiger partial charge in [0.25, 0.3) is 0 Å². The Labute approximate surface area is 173 Å². The molecule has 0 radical (unpaired) electrons. The second-order valence-electron chi connectivity index (χ2n) is 8.30. The molecule has 1 aliphatic carbocycles. The van der Waals surface area contributed by atoms with Gasteiger partial charge in [0.1, 0.15) is 5.82 Å². The number of ether oxygens (including phenoxy) is 2. The number of nitrogens with two attached hydrogens (primary N) is 1. The van der Waals surface area contributed by atoms with E-state index in [-0.39, 0.29) is 24.3 Å². The number of fused-ring (bicyclic) bond motifs is 2. The summed E-state index contributed by atoms with van der Waals surface area (Å²) < 4.78 is 52.0. The Bertz CT molecular complexity index is 1020. The molecule has 0 bridgehead atoms. The molecule has 2 heterocycles. The third-order valence-electron chi connectivity index (χ3n) is 6.33. The van der Waals surface area contributed by atoms with Crippen molar-refractivity contribution in [1.82, 2.24) is 4.90 Å². The number of nitrogens with zero attached hydrogens (tertiary/aromatic N) is 1. The van der Waals surface area contributed by atoms with Crippen LogP contribution in [0.2, 0.25) is 0 Å². The molecule has 2 N–H and O–H groups in total. The Morgan fingerprint density at radius 3 is 2.47 bits per heavy atom. The Morgan fingerprint density at radius 1 is 0.967 bits per heavy atom. The molecular formula is C23H23F3N2O2. The molecule has 2 aromatic carbocycles. The Hall–Kier alpha value is -2.51. The van der Waals surface area contributed by atoms with Crippen LogP contribution in [0.1, 0.15) is 35.4 Å². The van der Waals surface area contributed by atoms with E-state index in [4.69, 9.17) is 15.2 Å². The van der Waals surface area contributed by atoms with E-state index in [1.54, 1.807) is 0 Å². The summed E-state index contributed by atoms with van der Waals surface area (Å²) in [4.78, 5) is 2.36. The molecule has 4 nitrogen and oxygen atoms in total. The second-order valence-corrected chi connectivity index (χ2v) is 8.30. The van der Waals surface area contributed by atoms with Gasteiger partial charge in [0.05, 0.1) is 0 Å². The average Bonchev–Trinajstić information content (AvgIpc) is 3.17. The highest BCUT2D eigenvalue weighted by Gasteiger charge is 2.29. The molecule has 30 heavy (non-hydrogen) atoms. The van der Waals surface area contributed by atoms with Crippen molar-refractivity contribution < 1.29 is 22.6 Å². The second kappa shape index (κ2) is 7.63. The maximum Gasteiger partial charge on any atom is 0.231 e. The van der Waals surface area contributed by atoms with Gasteiger partial charge in [-0.15, -0.1) is 0 Å². The smallest absolute Gasteiger partial charge is 0.231 e. The van der Waals surface area contributed by atoms with Crippen molar-refractivity contribution in [3.05, 3.63) is 70.1 Å². The first kappa shape index (κ1) is 19.5. The molecule has 0 saturated heterocycles. The highest BCUT2D eigenvalue weighted by Crippen LogP contribution is 2.38. The van der Waals surface area contributed by atoms with Gasteiger partial charge in [-0.3, -0.25) is 4.90 Å². The Morgan fingerprint density at radius 2 is 1.70 bits per heavy atom. The van der Waals surface area contributed by atoms with Gasteiger partial charge in [0.2, 0.25) is 6.79 Å². The summed E-state index contributed by atoms with van der Waals surface area (Å²) in [5.74, 6) is -1.70. The van der Waals surface area contributed by atoms with Gasteiger partial charge < -0.3 is 15.2 Å². The van der Waals surface area contributed by atoms with Gasteiger partial charge >= 0.3 is 0 Å². The van der Waals surface area contributed by atoms with Crippen LogP contribution in [0.25, 0.3) is 0 Å². The van der Waals surface area contributed by atoms with Crippen molar-refractivity contribution in [2.24, 2.45) is 5.73 Å². The normalized spacial score (nSPS) is 23.3. The molecule has 0 unspecified atom stereocenters. The fourth-order valence-corrected chi connectivity index (χ4v) is 4.73. The minimum atomic E-state index is -1.18. The first-order chi connectivity index (χ1) is 14.5. The molecule has 0 fully saturated rings. The van der Waals surface area contributed by atoms with Crippen molar-refractivity contribution in [3.63, 3.8) is 0 Å². The topological polar surface area (TPSA) is 47.7 Å². The van der Waals surface area contributed by atoms with Crippen molar-refractivity contribution >= 4 is 0 Å². The molecule has 158 valence electrons. The van der Waals surface area contributed by atoms with Gasteiger partial charge in [-0.25, -0.2) is 13.2 Å². The van der Waals surface area contributed by atoms with Crippen LogP contribution in [0.15, 0.2) is 35.9 Å². The number of allylic oxidation sites excluding steroid dienone is 1. The molecule has 3 aliphatic rings. The van der Waals surface area contributed by atoms with E-state index < -0.39 is 17.5 Å². The van der Waals surface area contributed by atoms with Crippen molar-refractivity contribution in [3.8, 4) is 11.5 Å². The van der Waals surface area contributed by atoms with Gasteiger partial charge in [-0.05, 0) is 54.2 Å². The van der Waals surface area contributed by atoms with E-state index >= 15 is 0 Å². The molecule has 2 atom stereocenters. The van der Waals surface area contributed by atoms with Gasteiger partial charge in [0.15, 0.2) is 23.1 Å². The molecule has 0 saturated carbocycles. The van der Waals surface area contributed by atoms with Gasteiger partial charge in [-0.1, -0.05) is 11.6 Å². The van der Waals surface area contributed by atoms with Crippen LogP contribution in [-0.2, 0) is 13.0 Å². The predicted octanol–water partition coefficient (Wildman–Crippen LogP) is 4.02. The number of rotatable bonds is 3. The Kier molecular flexibility index (Phi) is 4.95. The zero-order valence-electron chi connectivity index (χ0n) is 16.5. The third-order valence-corrected chi connectivity index (χ3v) is 6.33. The molecule has 2 aromatic rings. The van der Waals surface area contributed by atoms with Crippen molar-refractivity contribution in [1.29, 1.82) is 0 Å². The summed E-state index contributed by atoms with van der Waals surface area (Å²) in [5, 5.41) is 0. The zero-order chi connectivity index (χ0) is 20.8. The van der Waals surface area contributed by atoms with Crippen LogP contribution in [-0.4, -0.2) is 30.8 Å². The minimum absolute atomic E-state index is 0.152. The fourth-order valence-electron chi connectivity index (χ4n) is 4.73. The Balaban J connectivity index is 1.28. The number of hydrogen-bond donors (Lipinski definition) is 1. The van der Waals surface area contributed by atoms with E-state index in [9.17, 15) is 13.2 Å². The van der Waals surface area contributed by atoms with Gasteiger partial charge in [0, 0.05) is 37.7 Å². The van der Waals surface area contributed by atoms with Crippen LogP contribution in [0, 0.1) is 17.5 Å². The summed E-state index contributed by atoms with van der Waals surface area (Å²) in [5.41, 5.74) is 10.2. The van der Waals surface area contributed by atoms with E-state index in [0.29, 0.717) is 18.9 Å². The zero-order valence-corrected chi connectivity index (χ0v) is 16.5. The summed E-state index contributed by atoms with van der Waals surface area (Å²) >= 11 is 0. The highest BCUT2D eigenvalue weighted by atomic mass is 19.2. The summed E-state index contributed by atoms with van der Waals surface area (Å²) in [6, 6.07) is 5.35. The molecule has 0 aromatic heterocycles. The first-order valence-electron chi connectivity index (χ1n) is 10.2. The molecule has 2 aliphatic heterocycles.